The molecule has 0 aliphatic heterocycles. The van der Waals surface area contributed by atoms with Crippen molar-refractivity contribution in [3.63, 3.8) is 0 Å². The minimum Gasteiger partial charge on any atom is -0.489 e. The zero-order valence-electron chi connectivity index (χ0n) is 15.6. The Labute approximate surface area is 183 Å². The van der Waals surface area contributed by atoms with Crippen LogP contribution in [0.3, 0.4) is 0 Å². The highest BCUT2D eigenvalue weighted by atomic mass is 35.5. The largest absolute Gasteiger partial charge is 0.489 e. The molecule has 0 unspecified atom stereocenters. The number of halogens is 2. The molecule has 0 spiro atoms. The zero-order valence-corrected chi connectivity index (χ0v) is 17.2. The zero-order chi connectivity index (χ0) is 21.3. The summed E-state index contributed by atoms with van der Waals surface area (Å²) in [6, 6.07) is 21.7. The Morgan fingerprint density at radius 3 is 2.50 bits per heavy atom. The molecule has 6 nitrogen and oxygen atoms in total. The lowest BCUT2D eigenvalue weighted by Crippen LogP contribution is -2.32. The van der Waals surface area contributed by atoms with Crippen LogP contribution in [0.25, 0.3) is 0 Å². The summed E-state index contributed by atoms with van der Waals surface area (Å²) >= 11 is 11.9. The highest BCUT2D eigenvalue weighted by Gasteiger charge is 2.15. The van der Waals surface area contributed by atoms with Crippen LogP contribution in [-0.2, 0) is 16.2 Å². The normalized spacial score (nSPS) is 10.6. The first-order valence-electron chi connectivity index (χ1n) is 8.88. The molecule has 2 N–H and O–H groups in total. The van der Waals surface area contributed by atoms with E-state index in [4.69, 9.17) is 27.9 Å². The van der Waals surface area contributed by atoms with Crippen molar-refractivity contribution in [2.24, 2.45) is 5.10 Å². The van der Waals surface area contributed by atoms with Crippen LogP contribution < -0.4 is 15.5 Å². The molecule has 3 rings (SSSR count). The standard InChI is InChI=1S/C22H17Cl2N3O3/c23-18-10-5-11-19(20(18)24)26-21(28)22(29)27-25-13-16-8-4-9-17(12-16)30-14-15-6-2-1-3-7-15/h1-13H,14H2,(H,26,28)(H,27,29). The minimum atomic E-state index is -0.946. The van der Waals surface area contributed by atoms with Gasteiger partial charge in [0.25, 0.3) is 0 Å². The molecule has 0 saturated carbocycles. The van der Waals surface area contributed by atoms with Crippen molar-refractivity contribution < 1.29 is 14.3 Å². The van der Waals surface area contributed by atoms with Gasteiger partial charge >= 0.3 is 11.8 Å². The molecule has 8 heteroatoms. The Balaban J connectivity index is 1.53. The Morgan fingerprint density at radius 1 is 0.933 bits per heavy atom. The average molecular weight is 442 g/mol. The number of carbonyl (C=O) groups excluding carboxylic acids is 2. The number of anilines is 1. The molecular weight excluding hydrogens is 425 g/mol. The summed E-state index contributed by atoms with van der Waals surface area (Å²) in [6.07, 6.45) is 1.41. The van der Waals surface area contributed by atoms with Crippen LogP contribution in [0.4, 0.5) is 5.69 Å². The van der Waals surface area contributed by atoms with Gasteiger partial charge in [-0.25, -0.2) is 5.43 Å². The number of hydrogen-bond acceptors (Lipinski definition) is 4. The van der Waals surface area contributed by atoms with Crippen molar-refractivity contribution in [3.8, 4) is 5.75 Å². The van der Waals surface area contributed by atoms with E-state index in [1.165, 1.54) is 12.3 Å². The van der Waals surface area contributed by atoms with Gasteiger partial charge in [0.1, 0.15) is 12.4 Å². The van der Waals surface area contributed by atoms with Gasteiger partial charge in [0.05, 0.1) is 21.9 Å². The molecule has 0 saturated heterocycles. The third-order valence-electron chi connectivity index (χ3n) is 3.89. The third kappa shape index (κ3) is 6.07. The molecule has 152 valence electrons. The van der Waals surface area contributed by atoms with Gasteiger partial charge in [-0.3, -0.25) is 9.59 Å². The first-order chi connectivity index (χ1) is 14.5. The number of nitrogens with one attached hydrogen (secondary N) is 2. The van der Waals surface area contributed by atoms with E-state index >= 15 is 0 Å². The molecule has 0 atom stereocenters. The smallest absolute Gasteiger partial charge is 0.329 e. The average Bonchev–Trinajstić information content (AvgIpc) is 2.76. The summed E-state index contributed by atoms with van der Waals surface area (Å²) in [6.45, 7) is 0.435. The molecule has 0 aliphatic carbocycles. The second-order valence-electron chi connectivity index (χ2n) is 6.10. The van der Waals surface area contributed by atoms with Crippen molar-refractivity contribution in [1.29, 1.82) is 0 Å². The van der Waals surface area contributed by atoms with E-state index in [0.29, 0.717) is 17.9 Å². The van der Waals surface area contributed by atoms with Gasteiger partial charge in [-0.05, 0) is 35.4 Å². The van der Waals surface area contributed by atoms with Crippen LogP contribution in [0.2, 0.25) is 10.0 Å². The van der Waals surface area contributed by atoms with Crippen molar-refractivity contribution >= 4 is 46.9 Å². The maximum absolute atomic E-state index is 12.0. The van der Waals surface area contributed by atoms with Gasteiger partial charge < -0.3 is 10.1 Å². The number of benzene rings is 3. The molecule has 0 aliphatic rings. The van der Waals surface area contributed by atoms with E-state index in [9.17, 15) is 9.59 Å². The molecule has 2 amide bonds. The lowest BCUT2D eigenvalue weighted by Gasteiger charge is -2.07. The van der Waals surface area contributed by atoms with E-state index < -0.39 is 11.8 Å². The van der Waals surface area contributed by atoms with E-state index in [0.717, 1.165) is 5.56 Å². The molecule has 3 aromatic rings. The van der Waals surface area contributed by atoms with Crippen LogP contribution in [0.5, 0.6) is 5.75 Å². The predicted octanol–water partition coefficient (Wildman–Crippen LogP) is 4.66. The lowest BCUT2D eigenvalue weighted by atomic mass is 10.2. The summed E-state index contributed by atoms with van der Waals surface area (Å²) in [5, 5.41) is 6.60. The fourth-order valence-electron chi connectivity index (χ4n) is 2.42. The fraction of sp³-hybridized carbons (Fsp3) is 0.0455. The molecule has 30 heavy (non-hydrogen) atoms. The Hall–Kier alpha value is -3.35. The number of amides is 2. The van der Waals surface area contributed by atoms with Crippen LogP contribution in [0.15, 0.2) is 77.9 Å². The second kappa shape index (κ2) is 10.4. The van der Waals surface area contributed by atoms with E-state index in [1.54, 1.807) is 30.3 Å². The van der Waals surface area contributed by atoms with Crippen LogP contribution in [-0.4, -0.2) is 18.0 Å². The number of rotatable bonds is 6. The highest BCUT2D eigenvalue weighted by Crippen LogP contribution is 2.29. The summed E-state index contributed by atoms with van der Waals surface area (Å²) in [5.41, 5.74) is 4.14. The predicted molar refractivity (Wildman–Crippen MR) is 118 cm³/mol. The van der Waals surface area contributed by atoms with Gasteiger partial charge in [0.15, 0.2) is 0 Å². The van der Waals surface area contributed by atoms with Crippen molar-refractivity contribution in [1.82, 2.24) is 5.43 Å². The molecule has 0 aromatic heterocycles. The Bertz CT molecular complexity index is 1070. The monoisotopic (exact) mass is 441 g/mol. The van der Waals surface area contributed by atoms with Crippen molar-refractivity contribution in [3.05, 3.63) is 94.0 Å². The molecule has 0 bridgehead atoms. The first-order valence-corrected chi connectivity index (χ1v) is 9.64. The van der Waals surface area contributed by atoms with Crippen molar-refractivity contribution in [2.75, 3.05) is 5.32 Å². The minimum absolute atomic E-state index is 0.149. The number of hydrazone groups is 1. The number of ether oxygens (including phenoxy) is 1. The van der Waals surface area contributed by atoms with Gasteiger partial charge in [-0.2, -0.15) is 5.10 Å². The fourth-order valence-corrected chi connectivity index (χ4v) is 2.77. The van der Waals surface area contributed by atoms with Gasteiger partial charge in [0.2, 0.25) is 0 Å². The number of hydrogen-bond donors (Lipinski definition) is 2. The summed E-state index contributed by atoms with van der Waals surface area (Å²) < 4.78 is 5.75. The Morgan fingerprint density at radius 2 is 1.70 bits per heavy atom. The van der Waals surface area contributed by atoms with Crippen molar-refractivity contribution in [2.45, 2.75) is 6.61 Å². The number of nitrogens with zero attached hydrogens (tertiary/aromatic N) is 1. The van der Waals surface area contributed by atoms with Crippen LogP contribution >= 0.6 is 23.2 Å². The quantitative estimate of drug-likeness (QED) is 0.331. The summed E-state index contributed by atoms with van der Waals surface area (Å²) in [5.74, 6) is -1.21. The van der Waals surface area contributed by atoms with Crippen LogP contribution in [0, 0.1) is 0 Å². The van der Waals surface area contributed by atoms with E-state index in [1.807, 2.05) is 36.4 Å². The van der Waals surface area contributed by atoms with Gasteiger partial charge in [-0.1, -0.05) is 71.7 Å². The van der Waals surface area contributed by atoms with E-state index in [2.05, 4.69) is 15.8 Å². The Kier molecular flexibility index (Phi) is 7.43. The molecule has 0 fully saturated rings. The second-order valence-corrected chi connectivity index (χ2v) is 6.89. The molecular formula is C22H17Cl2N3O3. The third-order valence-corrected chi connectivity index (χ3v) is 4.71. The number of carbonyl (C=O) groups is 2. The first kappa shape index (κ1) is 21.4. The molecule has 0 radical (unpaired) electrons. The SMILES string of the molecule is O=C(NN=Cc1cccc(OCc2ccccc2)c1)C(=O)Nc1cccc(Cl)c1Cl. The summed E-state index contributed by atoms with van der Waals surface area (Å²) in [7, 11) is 0. The maximum atomic E-state index is 12.0. The lowest BCUT2D eigenvalue weighted by molar-refractivity contribution is -0.136. The topological polar surface area (TPSA) is 79.8 Å². The summed E-state index contributed by atoms with van der Waals surface area (Å²) in [4.78, 5) is 23.9. The van der Waals surface area contributed by atoms with Gasteiger partial charge in [-0.15, -0.1) is 0 Å². The molecule has 3 aromatic carbocycles. The van der Waals surface area contributed by atoms with E-state index in [-0.39, 0.29) is 15.7 Å². The molecule has 0 heterocycles. The van der Waals surface area contributed by atoms with Gasteiger partial charge in [0, 0.05) is 0 Å². The maximum Gasteiger partial charge on any atom is 0.329 e. The van der Waals surface area contributed by atoms with Crippen LogP contribution in [0.1, 0.15) is 11.1 Å². The highest BCUT2D eigenvalue weighted by molar-refractivity contribution is 6.45.